The van der Waals surface area contributed by atoms with Gasteiger partial charge in [0.05, 0.1) is 23.3 Å². The summed E-state index contributed by atoms with van der Waals surface area (Å²) in [5.41, 5.74) is 2.05. The summed E-state index contributed by atoms with van der Waals surface area (Å²) in [6.45, 7) is 2.71. The van der Waals surface area contributed by atoms with Crippen molar-refractivity contribution < 1.29 is 22.4 Å². The number of amides is 1. The molecule has 5 rings (SSSR count). The minimum Gasteiger partial charge on any atom is -0.306 e. The SMILES string of the molecule is Cc1cc(F)c(C(=O)Nc2cccc(-c3nncn3C(C)C(F)(F)F)n2)cc1-n1cnc(C2CC2)c1. The molecule has 1 amide bonds. The lowest BCUT2D eigenvalue weighted by Crippen LogP contribution is -2.24. The smallest absolute Gasteiger partial charge is 0.306 e. The highest BCUT2D eigenvalue weighted by Gasteiger charge is 2.38. The van der Waals surface area contributed by atoms with Gasteiger partial charge in [0, 0.05) is 12.1 Å². The molecule has 186 valence electrons. The Bertz CT molecular complexity index is 1440. The number of carbonyl (C=O) groups is 1. The first kappa shape index (κ1) is 23.6. The third-order valence-electron chi connectivity index (χ3n) is 6.09. The second-order valence-corrected chi connectivity index (χ2v) is 8.74. The number of hydrogen-bond acceptors (Lipinski definition) is 5. The highest BCUT2D eigenvalue weighted by molar-refractivity contribution is 6.04. The summed E-state index contributed by atoms with van der Waals surface area (Å²) >= 11 is 0. The molecule has 12 heteroatoms. The average Bonchev–Trinajstić information content (AvgIpc) is 3.35. The van der Waals surface area contributed by atoms with E-state index >= 15 is 0 Å². The van der Waals surface area contributed by atoms with E-state index in [1.54, 1.807) is 17.8 Å². The van der Waals surface area contributed by atoms with Gasteiger partial charge in [0.15, 0.2) is 5.82 Å². The van der Waals surface area contributed by atoms with Gasteiger partial charge in [-0.2, -0.15) is 13.2 Å². The number of aryl methyl sites for hydroxylation is 1. The first-order valence-corrected chi connectivity index (χ1v) is 11.2. The summed E-state index contributed by atoms with van der Waals surface area (Å²) in [4.78, 5) is 21.6. The maximum Gasteiger partial charge on any atom is 0.408 e. The van der Waals surface area contributed by atoms with Crippen molar-refractivity contribution in [3.63, 3.8) is 0 Å². The molecule has 0 bridgehead atoms. The molecule has 0 aliphatic heterocycles. The van der Waals surface area contributed by atoms with Crippen LogP contribution in [0.15, 0.2) is 49.2 Å². The molecule has 8 nitrogen and oxygen atoms in total. The predicted molar refractivity (Wildman–Crippen MR) is 122 cm³/mol. The van der Waals surface area contributed by atoms with Crippen molar-refractivity contribution in [2.45, 2.75) is 44.8 Å². The molecule has 1 aliphatic rings. The van der Waals surface area contributed by atoms with Crippen LogP contribution in [-0.2, 0) is 0 Å². The molecule has 1 unspecified atom stereocenters. The van der Waals surface area contributed by atoms with Crippen LogP contribution in [0.1, 0.15) is 53.3 Å². The predicted octanol–water partition coefficient (Wildman–Crippen LogP) is 5.23. The fourth-order valence-electron chi connectivity index (χ4n) is 3.85. The monoisotopic (exact) mass is 499 g/mol. The van der Waals surface area contributed by atoms with Crippen LogP contribution in [-0.4, -0.2) is 41.4 Å². The van der Waals surface area contributed by atoms with Crippen molar-refractivity contribution >= 4 is 11.7 Å². The lowest BCUT2D eigenvalue weighted by atomic mass is 10.1. The van der Waals surface area contributed by atoms with Gasteiger partial charge in [0.25, 0.3) is 5.91 Å². The van der Waals surface area contributed by atoms with E-state index in [0.717, 1.165) is 36.4 Å². The third kappa shape index (κ3) is 4.58. The van der Waals surface area contributed by atoms with Gasteiger partial charge in [0.2, 0.25) is 0 Å². The Hall–Kier alpha value is -4.09. The number of carbonyl (C=O) groups excluding carboxylic acids is 1. The fourth-order valence-corrected chi connectivity index (χ4v) is 3.85. The van der Waals surface area contributed by atoms with Crippen LogP contribution in [0, 0.1) is 12.7 Å². The van der Waals surface area contributed by atoms with Gasteiger partial charge < -0.3 is 14.5 Å². The van der Waals surface area contributed by atoms with Crippen molar-refractivity contribution in [1.29, 1.82) is 0 Å². The fraction of sp³-hybridized carbons (Fsp3) is 0.292. The molecule has 3 heterocycles. The van der Waals surface area contributed by atoms with E-state index < -0.39 is 23.9 Å². The second kappa shape index (κ2) is 8.85. The third-order valence-corrected chi connectivity index (χ3v) is 6.09. The zero-order valence-corrected chi connectivity index (χ0v) is 19.3. The lowest BCUT2D eigenvalue weighted by molar-refractivity contribution is -0.162. The quantitative estimate of drug-likeness (QED) is 0.367. The average molecular weight is 499 g/mol. The molecule has 1 N–H and O–H groups in total. The van der Waals surface area contributed by atoms with E-state index in [1.165, 1.54) is 30.3 Å². The van der Waals surface area contributed by atoms with E-state index in [0.29, 0.717) is 17.2 Å². The summed E-state index contributed by atoms with van der Waals surface area (Å²) < 4.78 is 57.0. The second-order valence-electron chi connectivity index (χ2n) is 8.74. The van der Waals surface area contributed by atoms with Gasteiger partial charge in [-0.1, -0.05) is 6.07 Å². The van der Waals surface area contributed by atoms with Crippen molar-refractivity contribution in [1.82, 2.24) is 29.3 Å². The molecule has 3 aromatic heterocycles. The van der Waals surface area contributed by atoms with Crippen LogP contribution >= 0.6 is 0 Å². The van der Waals surface area contributed by atoms with E-state index in [9.17, 15) is 22.4 Å². The number of nitrogens with zero attached hydrogens (tertiary/aromatic N) is 6. The van der Waals surface area contributed by atoms with Crippen LogP contribution in [0.3, 0.4) is 0 Å². The zero-order valence-electron chi connectivity index (χ0n) is 19.3. The van der Waals surface area contributed by atoms with Crippen LogP contribution < -0.4 is 5.32 Å². The Balaban J connectivity index is 1.41. The van der Waals surface area contributed by atoms with Crippen LogP contribution in [0.2, 0.25) is 0 Å². The zero-order chi connectivity index (χ0) is 25.6. The Labute approximate surface area is 203 Å². The standard InChI is InChI=1S/C24H21F4N7O/c1-13-8-17(25)16(9-20(13)34-10-19(29-11-34)15-6-7-15)23(36)32-21-5-3-4-18(31-21)22-33-30-12-35(22)14(2)24(26,27)28/h3-5,8-12,14-15H,6-7H2,1-2H3,(H,31,32,36). The molecular formula is C24H21F4N7O. The van der Waals surface area contributed by atoms with E-state index in [-0.39, 0.29) is 22.9 Å². The summed E-state index contributed by atoms with van der Waals surface area (Å²) in [6, 6.07) is 5.21. The van der Waals surface area contributed by atoms with E-state index in [2.05, 4.69) is 25.5 Å². The van der Waals surface area contributed by atoms with Crippen molar-refractivity contribution in [3.05, 3.63) is 71.8 Å². The number of pyridine rings is 1. The molecule has 1 saturated carbocycles. The molecule has 1 aliphatic carbocycles. The maximum atomic E-state index is 14.8. The maximum absolute atomic E-state index is 14.8. The molecule has 0 radical (unpaired) electrons. The lowest BCUT2D eigenvalue weighted by Gasteiger charge is -2.18. The molecule has 0 spiro atoms. The number of rotatable bonds is 6. The number of anilines is 1. The Morgan fingerprint density at radius 3 is 2.69 bits per heavy atom. The Morgan fingerprint density at radius 2 is 1.97 bits per heavy atom. The van der Waals surface area contributed by atoms with Gasteiger partial charge in [-0.05, 0) is 56.5 Å². The topological polar surface area (TPSA) is 90.5 Å². The van der Waals surface area contributed by atoms with Gasteiger partial charge in [-0.25, -0.2) is 14.4 Å². The van der Waals surface area contributed by atoms with E-state index in [4.69, 9.17) is 0 Å². The molecular weight excluding hydrogens is 478 g/mol. The van der Waals surface area contributed by atoms with Gasteiger partial charge in [-0.3, -0.25) is 4.79 Å². The van der Waals surface area contributed by atoms with Crippen molar-refractivity contribution in [3.8, 4) is 17.2 Å². The van der Waals surface area contributed by atoms with Crippen molar-refractivity contribution in [2.75, 3.05) is 5.32 Å². The normalized spacial score (nSPS) is 14.6. The first-order valence-electron chi connectivity index (χ1n) is 11.2. The largest absolute Gasteiger partial charge is 0.408 e. The summed E-state index contributed by atoms with van der Waals surface area (Å²) in [6.07, 6.45) is 2.14. The Morgan fingerprint density at radius 1 is 1.19 bits per heavy atom. The molecule has 0 saturated heterocycles. The number of nitrogens with one attached hydrogen (secondary N) is 1. The van der Waals surface area contributed by atoms with Gasteiger partial charge >= 0.3 is 6.18 Å². The molecule has 1 aromatic carbocycles. The minimum atomic E-state index is -4.52. The highest BCUT2D eigenvalue weighted by atomic mass is 19.4. The van der Waals surface area contributed by atoms with Crippen LogP contribution in [0.5, 0.6) is 0 Å². The number of imidazole rings is 1. The first-order chi connectivity index (χ1) is 17.1. The number of alkyl halides is 3. The summed E-state index contributed by atoms with van der Waals surface area (Å²) in [5, 5.41) is 9.85. The number of hydrogen-bond donors (Lipinski definition) is 1. The number of halogens is 4. The number of aromatic nitrogens is 6. The number of benzene rings is 1. The Kier molecular flexibility index (Phi) is 5.81. The summed E-state index contributed by atoms with van der Waals surface area (Å²) in [7, 11) is 0. The van der Waals surface area contributed by atoms with E-state index in [1.807, 2.05) is 6.20 Å². The van der Waals surface area contributed by atoms with Crippen molar-refractivity contribution in [2.24, 2.45) is 0 Å². The van der Waals surface area contributed by atoms with Crippen LogP contribution in [0.4, 0.5) is 23.4 Å². The minimum absolute atomic E-state index is 0.0203. The molecule has 36 heavy (non-hydrogen) atoms. The summed E-state index contributed by atoms with van der Waals surface area (Å²) in [5.74, 6) is -1.13. The van der Waals surface area contributed by atoms with Gasteiger partial charge in [0.1, 0.15) is 29.7 Å². The van der Waals surface area contributed by atoms with Gasteiger partial charge in [-0.15, -0.1) is 10.2 Å². The van der Waals surface area contributed by atoms with Crippen LogP contribution in [0.25, 0.3) is 17.2 Å². The molecule has 4 aromatic rings. The molecule has 1 fully saturated rings. The highest BCUT2D eigenvalue weighted by Crippen LogP contribution is 2.39. The molecule has 1 atom stereocenters.